The van der Waals surface area contributed by atoms with Crippen molar-refractivity contribution in [1.29, 1.82) is 0 Å². The van der Waals surface area contributed by atoms with Gasteiger partial charge in [-0.1, -0.05) is 6.07 Å². The molecular weight excluding hydrogens is 256 g/mol. The van der Waals surface area contributed by atoms with Gasteiger partial charge >= 0.3 is 5.69 Å². The van der Waals surface area contributed by atoms with Gasteiger partial charge in [0, 0.05) is 24.5 Å². The van der Waals surface area contributed by atoms with Crippen LogP contribution in [0.3, 0.4) is 0 Å². The van der Waals surface area contributed by atoms with Crippen molar-refractivity contribution in [3.8, 4) is 0 Å². The number of pyridine rings is 1. The monoisotopic (exact) mass is 268 g/mol. The summed E-state index contributed by atoms with van der Waals surface area (Å²) < 4.78 is 0. The average molecular weight is 268 g/mol. The van der Waals surface area contributed by atoms with Gasteiger partial charge in [-0.15, -0.1) is 0 Å². The molecule has 0 saturated carbocycles. The summed E-state index contributed by atoms with van der Waals surface area (Å²) >= 11 is 0. The molecule has 0 aliphatic carbocycles. The Hall–Kier alpha value is -2.89. The van der Waals surface area contributed by atoms with Crippen LogP contribution < -0.4 is 11.0 Å². The van der Waals surface area contributed by atoms with Crippen LogP contribution in [-0.4, -0.2) is 20.9 Å². The van der Waals surface area contributed by atoms with E-state index in [1.54, 1.807) is 30.6 Å². The molecule has 0 bridgehead atoms. The zero-order chi connectivity index (χ0) is 13.9. The molecule has 6 nitrogen and oxygen atoms in total. The number of rotatable bonds is 3. The van der Waals surface area contributed by atoms with Gasteiger partial charge in [0.05, 0.1) is 11.0 Å². The molecule has 1 aromatic carbocycles. The second-order valence-electron chi connectivity index (χ2n) is 4.38. The van der Waals surface area contributed by atoms with Crippen LogP contribution in [0.15, 0.2) is 47.5 Å². The van der Waals surface area contributed by atoms with E-state index in [-0.39, 0.29) is 11.6 Å². The highest BCUT2D eigenvalue weighted by atomic mass is 16.1. The third-order valence-electron chi connectivity index (χ3n) is 2.98. The predicted molar refractivity (Wildman–Crippen MR) is 74.3 cm³/mol. The maximum atomic E-state index is 11.9. The average Bonchev–Trinajstić information content (AvgIpc) is 2.85. The standard InChI is InChI=1S/C14H12N4O2/c19-13(10-3-5-15-6-4-10)16-8-9-1-2-11-12(7-9)18-14(20)17-11/h1-7H,8H2,(H,16,19)(H2,17,18,20). The number of nitrogens with zero attached hydrogens (tertiary/aromatic N) is 1. The van der Waals surface area contributed by atoms with Gasteiger partial charge in [-0.05, 0) is 29.8 Å². The van der Waals surface area contributed by atoms with Crippen LogP contribution in [0.2, 0.25) is 0 Å². The minimum absolute atomic E-state index is 0.157. The third kappa shape index (κ3) is 2.44. The van der Waals surface area contributed by atoms with E-state index in [2.05, 4.69) is 20.3 Å². The molecule has 0 fully saturated rings. The van der Waals surface area contributed by atoms with Gasteiger partial charge in [0.2, 0.25) is 0 Å². The number of nitrogens with one attached hydrogen (secondary N) is 3. The molecule has 0 aliphatic rings. The molecule has 20 heavy (non-hydrogen) atoms. The van der Waals surface area contributed by atoms with Gasteiger partial charge in [-0.3, -0.25) is 9.78 Å². The van der Waals surface area contributed by atoms with E-state index in [1.807, 2.05) is 12.1 Å². The summed E-state index contributed by atoms with van der Waals surface area (Å²) in [7, 11) is 0. The van der Waals surface area contributed by atoms with Crippen molar-refractivity contribution in [3.63, 3.8) is 0 Å². The molecule has 0 aliphatic heterocycles. The summed E-state index contributed by atoms with van der Waals surface area (Å²) in [5.74, 6) is -0.157. The van der Waals surface area contributed by atoms with E-state index < -0.39 is 0 Å². The van der Waals surface area contributed by atoms with Crippen molar-refractivity contribution in [2.75, 3.05) is 0 Å². The fourth-order valence-electron chi connectivity index (χ4n) is 1.98. The van der Waals surface area contributed by atoms with Gasteiger partial charge in [-0.2, -0.15) is 0 Å². The van der Waals surface area contributed by atoms with Crippen LogP contribution in [0.5, 0.6) is 0 Å². The number of H-pyrrole nitrogens is 2. The molecule has 3 N–H and O–H groups in total. The van der Waals surface area contributed by atoms with Crippen molar-refractivity contribution in [1.82, 2.24) is 20.3 Å². The molecule has 0 unspecified atom stereocenters. The number of aromatic amines is 2. The highest BCUT2D eigenvalue weighted by Gasteiger charge is 2.05. The minimum atomic E-state index is -0.238. The van der Waals surface area contributed by atoms with Crippen LogP contribution in [0, 0.1) is 0 Å². The van der Waals surface area contributed by atoms with Crippen LogP contribution >= 0.6 is 0 Å². The molecule has 2 heterocycles. The highest BCUT2D eigenvalue weighted by Crippen LogP contribution is 2.10. The van der Waals surface area contributed by atoms with Crippen molar-refractivity contribution >= 4 is 16.9 Å². The topological polar surface area (TPSA) is 90.6 Å². The van der Waals surface area contributed by atoms with E-state index in [1.165, 1.54) is 0 Å². The molecular formula is C14H12N4O2. The Kier molecular flexibility index (Phi) is 3.04. The Morgan fingerprint density at radius 1 is 1.10 bits per heavy atom. The maximum Gasteiger partial charge on any atom is 0.323 e. The van der Waals surface area contributed by atoms with Crippen LogP contribution in [-0.2, 0) is 6.54 Å². The smallest absolute Gasteiger partial charge is 0.323 e. The second kappa shape index (κ2) is 5.00. The van der Waals surface area contributed by atoms with E-state index in [0.717, 1.165) is 16.6 Å². The molecule has 0 radical (unpaired) electrons. The molecule has 2 aromatic heterocycles. The summed E-state index contributed by atoms with van der Waals surface area (Å²) in [6, 6.07) is 8.81. The zero-order valence-electron chi connectivity index (χ0n) is 10.5. The quantitative estimate of drug-likeness (QED) is 0.666. The Balaban J connectivity index is 1.73. The summed E-state index contributed by atoms with van der Waals surface area (Å²) in [4.78, 5) is 32.3. The lowest BCUT2D eigenvalue weighted by Crippen LogP contribution is -2.22. The van der Waals surface area contributed by atoms with E-state index in [4.69, 9.17) is 0 Å². The zero-order valence-corrected chi connectivity index (χ0v) is 10.5. The van der Waals surface area contributed by atoms with Crippen LogP contribution in [0.4, 0.5) is 0 Å². The van der Waals surface area contributed by atoms with E-state index in [9.17, 15) is 9.59 Å². The fourth-order valence-corrected chi connectivity index (χ4v) is 1.98. The second-order valence-corrected chi connectivity index (χ2v) is 4.38. The molecule has 0 saturated heterocycles. The number of aromatic nitrogens is 3. The normalized spacial score (nSPS) is 10.6. The largest absolute Gasteiger partial charge is 0.348 e. The summed E-state index contributed by atoms with van der Waals surface area (Å²) in [6.45, 7) is 0.393. The minimum Gasteiger partial charge on any atom is -0.348 e. The summed E-state index contributed by atoms with van der Waals surface area (Å²) in [5, 5.41) is 2.82. The van der Waals surface area contributed by atoms with Crippen molar-refractivity contribution in [3.05, 3.63) is 64.3 Å². The molecule has 3 rings (SSSR count). The van der Waals surface area contributed by atoms with Crippen molar-refractivity contribution in [2.24, 2.45) is 0 Å². The Morgan fingerprint density at radius 3 is 2.65 bits per heavy atom. The number of fused-ring (bicyclic) bond motifs is 1. The molecule has 1 amide bonds. The number of benzene rings is 1. The first-order chi connectivity index (χ1) is 9.72. The van der Waals surface area contributed by atoms with Crippen LogP contribution in [0.1, 0.15) is 15.9 Å². The number of carbonyl (C=O) groups is 1. The first-order valence-corrected chi connectivity index (χ1v) is 6.11. The first-order valence-electron chi connectivity index (χ1n) is 6.11. The van der Waals surface area contributed by atoms with Gasteiger partial charge in [-0.25, -0.2) is 4.79 Å². The Morgan fingerprint density at radius 2 is 1.85 bits per heavy atom. The van der Waals surface area contributed by atoms with Crippen molar-refractivity contribution < 1.29 is 4.79 Å². The summed E-state index contributed by atoms with van der Waals surface area (Å²) in [6.07, 6.45) is 3.15. The number of imidazole rings is 1. The van der Waals surface area contributed by atoms with Crippen molar-refractivity contribution in [2.45, 2.75) is 6.54 Å². The lowest BCUT2D eigenvalue weighted by Gasteiger charge is -2.05. The number of hydrogen-bond donors (Lipinski definition) is 3. The lowest BCUT2D eigenvalue weighted by atomic mass is 10.2. The molecule has 0 spiro atoms. The molecule has 100 valence electrons. The van der Waals surface area contributed by atoms with Gasteiger partial charge in [0.25, 0.3) is 5.91 Å². The molecule has 3 aromatic rings. The SMILES string of the molecule is O=C(NCc1ccc2[nH]c(=O)[nH]c2c1)c1ccncc1. The fraction of sp³-hybridized carbons (Fsp3) is 0.0714. The molecule has 0 atom stereocenters. The Bertz CT molecular complexity index is 805. The van der Waals surface area contributed by atoms with E-state index in [0.29, 0.717) is 12.1 Å². The predicted octanol–water partition coefficient (Wildman–Crippen LogP) is 1.18. The third-order valence-corrected chi connectivity index (χ3v) is 2.98. The molecule has 6 heteroatoms. The van der Waals surface area contributed by atoms with Crippen LogP contribution in [0.25, 0.3) is 11.0 Å². The highest BCUT2D eigenvalue weighted by molar-refractivity contribution is 5.93. The van der Waals surface area contributed by atoms with E-state index >= 15 is 0 Å². The lowest BCUT2D eigenvalue weighted by molar-refractivity contribution is 0.0951. The Labute approximate surface area is 113 Å². The summed E-state index contributed by atoms with van der Waals surface area (Å²) in [5.41, 5.74) is 2.72. The van der Waals surface area contributed by atoms with Gasteiger partial charge in [0.1, 0.15) is 0 Å². The number of hydrogen-bond acceptors (Lipinski definition) is 3. The number of carbonyl (C=O) groups excluding carboxylic acids is 1. The van der Waals surface area contributed by atoms with Gasteiger partial charge < -0.3 is 15.3 Å². The van der Waals surface area contributed by atoms with Gasteiger partial charge in [0.15, 0.2) is 0 Å². The number of amides is 1. The maximum absolute atomic E-state index is 11.9. The first kappa shape index (κ1) is 12.2.